The van der Waals surface area contributed by atoms with E-state index in [9.17, 15) is 0 Å². The van der Waals surface area contributed by atoms with E-state index in [4.69, 9.17) is 33.7 Å². The fourth-order valence-electron chi connectivity index (χ4n) is 3.96. The summed E-state index contributed by atoms with van der Waals surface area (Å²) in [6, 6.07) is 12.5. The maximum atomic E-state index is 6.48. The second-order valence-electron chi connectivity index (χ2n) is 7.12. The number of fused-ring (bicyclic) bond motifs is 1. The minimum Gasteiger partial charge on any atom is -0.484 e. The molecule has 3 atom stereocenters. The molecule has 1 fully saturated rings. The summed E-state index contributed by atoms with van der Waals surface area (Å²) in [5.41, 5.74) is 9.60. The van der Waals surface area contributed by atoms with Crippen LogP contribution in [0.25, 0.3) is 0 Å². The van der Waals surface area contributed by atoms with Gasteiger partial charge in [-0.15, -0.1) is 0 Å². The largest absolute Gasteiger partial charge is 0.484 e. The summed E-state index contributed by atoms with van der Waals surface area (Å²) < 4.78 is 6.43. The molecule has 132 valence electrons. The van der Waals surface area contributed by atoms with Gasteiger partial charge in [-0.05, 0) is 49.6 Å². The average molecular weight is 377 g/mol. The van der Waals surface area contributed by atoms with Crippen LogP contribution in [0.2, 0.25) is 10.0 Å². The Morgan fingerprint density at radius 2 is 1.92 bits per heavy atom. The van der Waals surface area contributed by atoms with Crippen molar-refractivity contribution in [2.24, 2.45) is 5.73 Å². The Bertz CT molecular complexity index is 778. The number of aryl methyl sites for hydroxylation is 1. The molecule has 1 aliphatic carbocycles. The van der Waals surface area contributed by atoms with Crippen LogP contribution >= 0.6 is 23.2 Å². The van der Waals surface area contributed by atoms with Crippen molar-refractivity contribution in [3.63, 3.8) is 0 Å². The molecule has 2 N–H and O–H groups in total. The molecule has 5 heteroatoms. The molecule has 3 nitrogen and oxygen atoms in total. The third-order valence-electron chi connectivity index (χ3n) is 5.27. The van der Waals surface area contributed by atoms with Gasteiger partial charge in [0, 0.05) is 34.7 Å². The molecule has 1 saturated heterocycles. The first-order valence-corrected chi connectivity index (χ1v) is 9.47. The second-order valence-corrected chi connectivity index (χ2v) is 7.97. The minimum atomic E-state index is -0.0841. The molecule has 0 unspecified atom stereocenters. The van der Waals surface area contributed by atoms with Gasteiger partial charge in [0.1, 0.15) is 11.9 Å². The van der Waals surface area contributed by atoms with Crippen molar-refractivity contribution in [1.82, 2.24) is 4.90 Å². The van der Waals surface area contributed by atoms with E-state index in [1.807, 2.05) is 24.3 Å². The van der Waals surface area contributed by atoms with Crippen LogP contribution in [0.1, 0.15) is 29.2 Å². The highest BCUT2D eigenvalue weighted by Crippen LogP contribution is 2.43. The molecule has 0 spiro atoms. The zero-order chi connectivity index (χ0) is 17.6. The van der Waals surface area contributed by atoms with Crippen LogP contribution in [0.15, 0.2) is 36.4 Å². The maximum Gasteiger partial charge on any atom is 0.140 e. The monoisotopic (exact) mass is 376 g/mol. The van der Waals surface area contributed by atoms with Gasteiger partial charge < -0.3 is 10.5 Å². The fourth-order valence-corrected chi connectivity index (χ4v) is 4.55. The molecule has 0 bridgehead atoms. The first-order valence-electron chi connectivity index (χ1n) is 8.72. The van der Waals surface area contributed by atoms with Gasteiger partial charge in [-0.2, -0.15) is 0 Å². The van der Waals surface area contributed by atoms with Crippen molar-refractivity contribution in [3.8, 4) is 5.75 Å². The van der Waals surface area contributed by atoms with Gasteiger partial charge in [0.15, 0.2) is 0 Å². The van der Waals surface area contributed by atoms with Gasteiger partial charge in [-0.1, -0.05) is 40.9 Å². The number of benzene rings is 2. The molecule has 2 aromatic rings. The van der Waals surface area contributed by atoms with E-state index in [2.05, 4.69) is 24.0 Å². The van der Waals surface area contributed by atoms with Crippen LogP contribution in [-0.2, 0) is 6.42 Å². The number of nitrogens with two attached hydrogens (primary N) is 1. The van der Waals surface area contributed by atoms with Gasteiger partial charge in [-0.3, -0.25) is 4.90 Å². The Balaban J connectivity index is 1.69. The number of rotatable bonds is 3. The summed E-state index contributed by atoms with van der Waals surface area (Å²) >= 11 is 12.8. The Kier molecular flexibility index (Phi) is 4.67. The summed E-state index contributed by atoms with van der Waals surface area (Å²) in [7, 11) is 0. The summed E-state index contributed by atoms with van der Waals surface area (Å²) in [5.74, 6) is 0.869. The number of hydrogen-bond acceptors (Lipinski definition) is 3. The SMILES string of the molecule is Cc1ccc(O[C@H]2c3cc(Cl)cc(Cl)c3C[C@@H]2N2CC[C@@H](N)C2)cc1. The van der Waals surface area contributed by atoms with E-state index < -0.39 is 0 Å². The topological polar surface area (TPSA) is 38.5 Å². The molecule has 0 radical (unpaired) electrons. The standard InChI is InChI=1S/C20H22Cl2N2O/c1-12-2-4-15(5-3-12)25-20-17-8-13(21)9-18(22)16(17)10-19(20)24-7-6-14(23)11-24/h2-5,8-9,14,19-20H,6-7,10-11,23H2,1H3/t14-,19+,20+/m1/s1. The van der Waals surface area contributed by atoms with Crippen LogP contribution in [0.5, 0.6) is 5.75 Å². The van der Waals surface area contributed by atoms with Crippen molar-refractivity contribution in [2.75, 3.05) is 13.1 Å². The van der Waals surface area contributed by atoms with Gasteiger partial charge in [0.2, 0.25) is 0 Å². The van der Waals surface area contributed by atoms with Gasteiger partial charge >= 0.3 is 0 Å². The molecule has 0 amide bonds. The smallest absolute Gasteiger partial charge is 0.140 e. The molecule has 0 saturated carbocycles. The highest BCUT2D eigenvalue weighted by Gasteiger charge is 2.41. The molecule has 0 aromatic heterocycles. The van der Waals surface area contributed by atoms with Crippen molar-refractivity contribution in [1.29, 1.82) is 0 Å². The van der Waals surface area contributed by atoms with Crippen molar-refractivity contribution >= 4 is 23.2 Å². The Labute approximate surface area is 158 Å². The Morgan fingerprint density at radius 1 is 1.16 bits per heavy atom. The Hall–Kier alpha value is -1.26. The predicted octanol–water partition coefficient (Wildman–Crippen LogP) is 4.38. The zero-order valence-corrected chi connectivity index (χ0v) is 15.7. The van der Waals surface area contributed by atoms with Crippen LogP contribution in [0, 0.1) is 6.92 Å². The maximum absolute atomic E-state index is 6.48. The first-order chi connectivity index (χ1) is 12.0. The lowest BCUT2D eigenvalue weighted by molar-refractivity contribution is 0.0933. The summed E-state index contributed by atoms with van der Waals surface area (Å²) in [6.45, 7) is 3.97. The van der Waals surface area contributed by atoms with E-state index in [0.29, 0.717) is 5.02 Å². The number of nitrogens with zero attached hydrogens (tertiary/aromatic N) is 1. The third-order valence-corrected chi connectivity index (χ3v) is 5.83. The summed E-state index contributed by atoms with van der Waals surface area (Å²) in [5, 5.41) is 1.38. The lowest BCUT2D eigenvalue weighted by Crippen LogP contribution is -2.40. The molecule has 4 rings (SSSR count). The van der Waals surface area contributed by atoms with Crippen LogP contribution in [0.4, 0.5) is 0 Å². The summed E-state index contributed by atoms with van der Waals surface area (Å²) in [6.07, 6.45) is 1.81. The van der Waals surface area contributed by atoms with Gasteiger partial charge in [0.25, 0.3) is 0 Å². The second kappa shape index (κ2) is 6.81. The minimum absolute atomic E-state index is 0.0841. The lowest BCUT2D eigenvalue weighted by atomic mass is 10.1. The van der Waals surface area contributed by atoms with Gasteiger partial charge in [0.05, 0.1) is 6.04 Å². The Morgan fingerprint density at radius 3 is 2.60 bits per heavy atom. The van der Waals surface area contributed by atoms with E-state index in [1.54, 1.807) is 0 Å². The number of hydrogen-bond donors (Lipinski definition) is 1. The average Bonchev–Trinajstić information content (AvgIpc) is 3.14. The van der Waals surface area contributed by atoms with Crippen molar-refractivity contribution in [2.45, 2.75) is 38.0 Å². The van der Waals surface area contributed by atoms with E-state index in [0.717, 1.165) is 47.8 Å². The zero-order valence-electron chi connectivity index (χ0n) is 14.2. The molecule has 2 aromatic carbocycles. The molecular formula is C20H22Cl2N2O. The van der Waals surface area contributed by atoms with E-state index >= 15 is 0 Å². The van der Waals surface area contributed by atoms with E-state index in [1.165, 1.54) is 5.56 Å². The number of likely N-dealkylation sites (tertiary alicyclic amines) is 1. The lowest BCUT2D eigenvalue weighted by Gasteiger charge is -2.30. The van der Waals surface area contributed by atoms with E-state index in [-0.39, 0.29) is 18.2 Å². The molecule has 25 heavy (non-hydrogen) atoms. The molecule has 1 aliphatic heterocycles. The highest BCUT2D eigenvalue weighted by atomic mass is 35.5. The van der Waals surface area contributed by atoms with Crippen LogP contribution in [0.3, 0.4) is 0 Å². The van der Waals surface area contributed by atoms with Crippen LogP contribution in [-0.4, -0.2) is 30.1 Å². The third kappa shape index (κ3) is 3.39. The van der Waals surface area contributed by atoms with Crippen molar-refractivity contribution in [3.05, 3.63) is 63.1 Å². The number of halogens is 2. The summed E-state index contributed by atoms with van der Waals surface area (Å²) in [4.78, 5) is 2.44. The van der Waals surface area contributed by atoms with Gasteiger partial charge in [-0.25, -0.2) is 0 Å². The van der Waals surface area contributed by atoms with Crippen molar-refractivity contribution < 1.29 is 4.74 Å². The molecular weight excluding hydrogens is 355 g/mol. The highest BCUT2D eigenvalue weighted by molar-refractivity contribution is 6.35. The normalized spacial score (nSPS) is 26.0. The first kappa shape index (κ1) is 17.2. The predicted molar refractivity (Wildman–Crippen MR) is 103 cm³/mol. The fraction of sp³-hybridized carbons (Fsp3) is 0.400. The molecule has 2 aliphatic rings. The quantitative estimate of drug-likeness (QED) is 0.863. The van der Waals surface area contributed by atoms with Crippen LogP contribution < -0.4 is 10.5 Å². The molecule has 1 heterocycles. The number of ether oxygens (including phenoxy) is 1.